The predicted molar refractivity (Wildman–Crippen MR) is 155 cm³/mol. The van der Waals surface area contributed by atoms with E-state index in [0.717, 1.165) is 37.3 Å². The lowest BCUT2D eigenvalue weighted by Gasteiger charge is -2.34. The predicted octanol–water partition coefficient (Wildman–Crippen LogP) is 4.61. The normalized spacial score (nSPS) is 12.0. The Bertz CT molecular complexity index is 1360. The van der Waals surface area contributed by atoms with Crippen molar-refractivity contribution in [1.82, 2.24) is 10.2 Å². The van der Waals surface area contributed by atoms with Crippen molar-refractivity contribution in [2.45, 2.75) is 39.8 Å². The summed E-state index contributed by atoms with van der Waals surface area (Å²) in [5, 5.41) is 2.86. The minimum atomic E-state index is -3.80. The molecule has 0 bridgehead atoms. The van der Waals surface area contributed by atoms with Crippen LogP contribution in [0.3, 0.4) is 0 Å². The zero-order valence-electron chi connectivity index (χ0n) is 22.1. The molecule has 9 heteroatoms. The van der Waals surface area contributed by atoms with E-state index in [1.807, 2.05) is 81.4 Å². The summed E-state index contributed by atoms with van der Waals surface area (Å²) in [6, 6.07) is 21.5. The van der Waals surface area contributed by atoms with Crippen molar-refractivity contribution in [1.29, 1.82) is 0 Å². The maximum atomic E-state index is 14.0. The Kier molecular flexibility index (Phi) is 10.1. The van der Waals surface area contributed by atoms with Gasteiger partial charge in [0, 0.05) is 24.0 Å². The van der Waals surface area contributed by atoms with Crippen molar-refractivity contribution < 1.29 is 18.0 Å². The maximum Gasteiger partial charge on any atom is 0.244 e. The van der Waals surface area contributed by atoms with Gasteiger partial charge in [0.15, 0.2) is 0 Å². The maximum absolute atomic E-state index is 14.0. The van der Waals surface area contributed by atoms with Crippen molar-refractivity contribution in [3.8, 4) is 0 Å². The monoisotopic (exact) mass is 599 g/mol. The third-order valence-corrected chi connectivity index (χ3v) is 8.07. The molecule has 0 aliphatic carbocycles. The lowest BCUT2D eigenvalue weighted by Crippen LogP contribution is -2.53. The minimum absolute atomic E-state index is 0.144. The molecular weight excluding hydrogens is 566 g/mol. The number of aryl methyl sites for hydroxylation is 1. The highest BCUT2D eigenvalue weighted by Crippen LogP contribution is 2.26. The van der Waals surface area contributed by atoms with Gasteiger partial charge in [0.05, 0.1) is 11.9 Å². The number of carbonyl (C=O) groups is 2. The van der Waals surface area contributed by atoms with E-state index in [9.17, 15) is 18.0 Å². The van der Waals surface area contributed by atoms with Crippen LogP contribution in [0.4, 0.5) is 5.69 Å². The number of rotatable bonds is 11. The number of hydrogen-bond acceptors (Lipinski definition) is 4. The molecule has 0 radical (unpaired) electrons. The van der Waals surface area contributed by atoms with E-state index >= 15 is 0 Å². The number of benzene rings is 3. The van der Waals surface area contributed by atoms with Crippen LogP contribution in [-0.4, -0.2) is 50.5 Å². The fourth-order valence-corrected chi connectivity index (χ4v) is 5.40. The van der Waals surface area contributed by atoms with E-state index in [0.29, 0.717) is 12.2 Å². The molecule has 0 aromatic heterocycles. The summed E-state index contributed by atoms with van der Waals surface area (Å²) in [7, 11) is -3.80. The van der Waals surface area contributed by atoms with E-state index in [-0.39, 0.29) is 18.9 Å². The molecule has 3 aromatic rings. The zero-order chi connectivity index (χ0) is 27.9. The summed E-state index contributed by atoms with van der Waals surface area (Å²) in [6.45, 7) is 5.67. The van der Waals surface area contributed by atoms with E-state index < -0.39 is 28.5 Å². The highest BCUT2D eigenvalue weighted by Gasteiger charge is 2.33. The third kappa shape index (κ3) is 7.68. The average Bonchev–Trinajstić information content (AvgIpc) is 2.87. The molecule has 0 heterocycles. The number of carbonyl (C=O) groups excluding carboxylic acids is 2. The second-order valence-electron chi connectivity index (χ2n) is 9.24. The number of amides is 2. The number of nitrogens with one attached hydrogen (secondary N) is 1. The first kappa shape index (κ1) is 29.4. The Labute approximate surface area is 234 Å². The summed E-state index contributed by atoms with van der Waals surface area (Å²) in [5.74, 6) is -0.758. The van der Waals surface area contributed by atoms with Crippen LogP contribution in [0.5, 0.6) is 0 Å². The smallest absolute Gasteiger partial charge is 0.244 e. The van der Waals surface area contributed by atoms with Crippen molar-refractivity contribution in [3.63, 3.8) is 0 Å². The molecule has 0 spiro atoms. The largest absolute Gasteiger partial charge is 0.355 e. The molecule has 0 saturated carbocycles. The van der Waals surface area contributed by atoms with Crippen LogP contribution in [0.1, 0.15) is 29.2 Å². The second-order valence-corrected chi connectivity index (χ2v) is 12.1. The van der Waals surface area contributed by atoms with Crippen molar-refractivity contribution in [3.05, 3.63) is 99.5 Å². The average molecular weight is 601 g/mol. The van der Waals surface area contributed by atoms with Gasteiger partial charge in [-0.05, 0) is 61.2 Å². The Morgan fingerprint density at radius 2 is 1.58 bits per heavy atom. The number of likely N-dealkylation sites (N-methyl/N-ethyl adjacent to an activating group) is 1. The zero-order valence-corrected chi connectivity index (χ0v) is 24.6. The van der Waals surface area contributed by atoms with Gasteiger partial charge in [0.25, 0.3) is 0 Å². The van der Waals surface area contributed by atoms with Gasteiger partial charge in [0.1, 0.15) is 12.6 Å². The summed E-state index contributed by atoms with van der Waals surface area (Å²) >= 11 is 3.43. The molecule has 0 aliphatic heterocycles. The fourth-order valence-electron chi connectivity index (χ4n) is 4.23. The minimum Gasteiger partial charge on any atom is -0.355 e. The van der Waals surface area contributed by atoms with Crippen LogP contribution in [0.15, 0.2) is 77.3 Å². The quantitative estimate of drug-likeness (QED) is 0.349. The first-order valence-corrected chi connectivity index (χ1v) is 15.0. The van der Waals surface area contributed by atoms with Gasteiger partial charge in [-0.15, -0.1) is 0 Å². The number of halogens is 1. The van der Waals surface area contributed by atoms with Gasteiger partial charge in [-0.2, -0.15) is 0 Å². The van der Waals surface area contributed by atoms with Crippen LogP contribution < -0.4 is 9.62 Å². The first-order chi connectivity index (χ1) is 18.0. The SMILES string of the molecule is CCNC(=O)[C@H](Cc1ccccc1)N(Cc1ccc(Br)cc1)C(=O)CN(c1cccc(C)c1C)S(C)(=O)=O. The van der Waals surface area contributed by atoms with Crippen LogP contribution in [-0.2, 0) is 32.6 Å². The molecule has 38 heavy (non-hydrogen) atoms. The fraction of sp³-hybridized carbons (Fsp3) is 0.310. The number of hydrogen-bond donors (Lipinski definition) is 1. The molecule has 1 atom stereocenters. The molecule has 0 saturated heterocycles. The van der Waals surface area contributed by atoms with Gasteiger partial charge < -0.3 is 10.2 Å². The molecule has 202 valence electrons. The van der Waals surface area contributed by atoms with Crippen molar-refractivity contribution in [2.24, 2.45) is 0 Å². The molecule has 2 amide bonds. The second kappa shape index (κ2) is 13.1. The molecule has 0 unspecified atom stereocenters. The van der Waals surface area contributed by atoms with Crippen LogP contribution in [0.25, 0.3) is 0 Å². The lowest BCUT2D eigenvalue weighted by molar-refractivity contribution is -0.140. The van der Waals surface area contributed by atoms with Crippen LogP contribution in [0.2, 0.25) is 0 Å². The Morgan fingerprint density at radius 1 is 0.921 bits per heavy atom. The van der Waals surface area contributed by atoms with E-state index in [1.54, 1.807) is 12.1 Å². The highest BCUT2D eigenvalue weighted by molar-refractivity contribution is 9.10. The molecule has 3 aromatic carbocycles. The molecule has 1 N–H and O–H groups in total. The topological polar surface area (TPSA) is 86.8 Å². The summed E-state index contributed by atoms with van der Waals surface area (Å²) in [6.07, 6.45) is 1.38. The molecular formula is C29H34BrN3O4S. The summed E-state index contributed by atoms with van der Waals surface area (Å²) < 4.78 is 27.9. The first-order valence-electron chi connectivity index (χ1n) is 12.4. The van der Waals surface area contributed by atoms with Gasteiger partial charge in [-0.1, -0.05) is 70.5 Å². The molecule has 0 fully saturated rings. The Hall–Kier alpha value is -3.17. The standard InChI is InChI=1S/C29H34BrN3O4S/c1-5-31-29(35)27(18-23-11-7-6-8-12-23)32(19-24-14-16-25(30)17-15-24)28(34)20-33(38(4,36)37)26-13-9-10-21(2)22(26)3/h6-17,27H,5,18-20H2,1-4H3,(H,31,35)/t27-/m0/s1. The van der Waals surface area contributed by atoms with E-state index in [1.165, 1.54) is 4.90 Å². The molecule has 0 aliphatic rings. The van der Waals surface area contributed by atoms with E-state index in [2.05, 4.69) is 21.2 Å². The third-order valence-electron chi connectivity index (χ3n) is 6.41. The Balaban J connectivity index is 2.06. The number of anilines is 1. The van der Waals surface area contributed by atoms with Gasteiger partial charge in [-0.25, -0.2) is 8.42 Å². The number of nitrogens with zero attached hydrogens (tertiary/aromatic N) is 2. The van der Waals surface area contributed by atoms with E-state index in [4.69, 9.17) is 0 Å². The lowest BCUT2D eigenvalue weighted by atomic mass is 10.0. The Morgan fingerprint density at radius 3 is 2.18 bits per heavy atom. The highest BCUT2D eigenvalue weighted by atomic mass is 79.9. The van der Waals surface area contributed by atoms with Crippen LogP contribution in [0, 0.1) is 13.8 Å². The van der Waals surface area contributed by atoms with Gasteiger partial charge >= 0.3 is 0 Å². The van der Waals surface area contributed by atoms with Gasteiger partial charge in [0.2, 0.25) is 21.8 Å². The summed E-state index contributed by atoms with van der Waals surface area (Å²) in [5.41, 5.74) is 3.85. The van der Waals surface area contributed by atoms with Crippen LogP contribution >= 0.6 is 15.9 Å². The van der Waals surface area contributed by atoms with Crippen molar-refractivity contribution >= 4 is 43.5 Å². The summed E-state index contributed by atoms with van der Waals surface area (Å²) in [4.78, 5) is 28.8. The molecule has 7 nitrogen and oxygen atoms in total. The molecule has 3 rings (SSSR count). The number of sulfonamides is 1. The van der Waals surface area contributed by atoms with Crippen molar-refractivity contribution in [2.75, 3.05) is 23.7 Å². The van der Waals surface area contributed by atoms with Gasteiger partial charge in [-0.3, -0.25) is 13.9 Å².